The molecule has 0 aliphatic heterocycles. The molecule has 1 rings (SSSR count). The molecular formula is C32H55NO4Si. The number of hydrogen-bond donors (Lipinski definition) is 2. The van der Waals surface area contributed by atoms with Gasteiger partial charge in [0.1, 0.15) is 11.4 Å². The monoisotopic (exact) mass is 545 g/mol. The zero-order chi connectivity index (χ0) is 28.3. The van der Waals surface area contributed by atoms with Crippen molar-refractivity contribution >= 4 is 20.1 Å². The topological polar surface area (TPSA) is 67.8 Å². The predicted octanol–water partition coefficient (Wildman–Crippen LogP) is 10.0. The summed E-state index contributed by atoms with van der Waals surface area (Å²) in [4.78, 5) is 11.1. The summed E-state index contributed by atoms with van der Waals surface area (Å²) < 4.78 is 11.5. The highest BCUT2D eigenvalue weighted by molar-refractivity contribution is 6.74. The van der Waals surface area contributed by atoms with Crippen molar-refractivity contribution in [2.24, 2.45) is 0 Å². The molecule has 6 heteroatoms. The van der Waals surface area contributed by atoms with Crippen LogP contribution in [0.15, 0.2) is 18.2 Å². The highest BCUT2D eigenvalue weighted by Crippen LogP contribution is 2.36. The molecule has 0 saturated heterocycles. The number of carbonyl (C=O) groups is 1. The van der Waals surface area contributed by atoms with Crippen molar-refractivity contribution in [2.45, 2.75) is 135 Å². The van der Waals surface area contributed by atoms with Crippen LogP contribution in [0, 0.1) is 11.8 Å². The molecule has 1 amide bonds. The molecular weight excluding hydrogens is 490 g/mol. The van der Waals surface area contributed by atoms with Crippen molar-refractivity contribution in [3.8, 4) is 17.6 Å². The minimum atomic E-state index is -1.56. The number of anilines is 1. The van der Waals surface area contributed by atoms with Crippen LogP contribution in [0.4, 0.5) is 10.5 Å². The summed E-state index contributed by atoms with van der Waals surface area (Å²) in [6, 6.07) is 5.36. The second-order valence-corrected chi connectivity index (χ2v) is 16.7. The van der Waals surface area contributed by atoms with Crippen LogP contribution in [0.2, 0.25) is 18.1 Å². The largest absolute Gasteiger partial charge is 0.495 e. The predicted molar refractivity (Wildman–Crippen MR) is 164 cm³/mol. The molecule has 0 atom stereocenters. The molecule has 38 heavy (non-hydrogen) atoms. The Morgan fingerprint density at radius 3 is 1.84 bits per heavy atom. The Kier molecular flexibility index (Phi) is 17.2. The van der Waals surface area contributed by atoms with Crippen LogP contribution in [-0.4, -0.2) is 33.2 Å². The van der Waals surface area contributed by atoms with Crippen molar-refractivity contribution < 1.29 is 19.1 Å². The molecule has 1 aromatic rings. The number of benzene rings is 1. The fourth-order valence-electron chi connectivity index (χ4n) is 4.18. The number of para-hydroxylation sites is 1. The van der Waals surface area contributed by atoms with Gasteiger partial charge < -0.3 is 14.3 Å². The smallest absolute Gasteiger partial charge is 0.409 e. The molecule has 0 fully saturated rings. The molecule has 0 heterocycles. The molecule has 216 valence electrons. The second-order valence-electron chi connectivity index (χ2n) is 11.9. The zero-order valence-electron chi connectivity index (χ0n) is 25.2. The van der Waals surface area contributed by atoms with Gasteiger partial charge in [0, 0.05) is 13.0 Å². The van der Waals surface area contributed by atoms with E-state index in [2.05, 4.69) is 51.0 Å². The van der Waals surface area contributed by atoms with E-state index in [9.17, 15) is 4.79 Å². The van der Waals surface area contributed by atoms with Crippen molar-refractivity contribution in [2.75, 3.05) is 19.0 Å². The van der Waals surface area contributed by atoms with Gasteiger partial charge in [0.15, 0.2) is 8.32 Å². The fraction of sp³-hybridized carbons (Fsp3) is 0.719. The molecule has 0 spiro atoms. The average molecular weight is 546 g/mol. The molecule has 0 radical (unpaired) electrons. The number of hydrogen-bond acceptors (Lipinski definition) is 3. The van der Waals surface area contributed by atoms with E-state index >= 15 is 0 Å². The van der Waals surface area contributed by atoms with Gasteiger partial charge in [-0.1, -0.05) is 116 Å². The summed E-state index contributed by atoms with van der Waals surface area (Å²) >= 11 is 0. The molecule has 0 aromatic heterocycles. The summed E-state index contributed by atoms with van der Waals surface area (Å²) in [5, 5.41) is 11.8. The molecule has 0 aliphatic carbocycles. The first-order chi connectivity index (χ1) is 18.1. The highest BCUT2D eigenvalue weighted by Gasteiger charge is 2.36. The zero-order valence-corrected chi connectivity index (χ0v) is 26.2. The Labute approximate surface area is 234 Å². The van der Waals surface area contributed by atoms with Crippen molar-refractivity contribution in [1.29, 1.82) is 0 Å². The van der Waals surface area contributed by atoms with Crippen LogP contribution in [-0.2, 0) is 4.43 Å². The SMILES string of the molecule is COc1cccc(C#CCCCCCCCCCCCCCCCCO[Si](C)(C)C(C)(C)C)c1NC(=O)O. The van der Waals surface area contributed by atoms with Gasteiger partial charge in [0.05, 0.1) is 12.7 Å². The number of nitrogens with one attached hydrogen (secondary N) is 1. The van der Waals surface area contributed by atoms with Crippen LogP contribution in [0.25, 0.3) is 0 Å². The lowest BCUT2D eigenvalue weighted by molar-refractivity contribution is 0.209. The molecule has 0 bridgehead atoms. The first kappa shape index (κ1) is 34.1. The lowest BCUT2D eigenvalue weighted by Gasteiger charge is -2.36. The Morgan fingerprint density at radius 1 is 0.868 bits per heavy atom. The van der Waals surface area contributed by atoms with Gasteiger partial charge in [-0.15, -0.1) is 0 Å². The van der Waals surface area contributed by atoms with Gasteiger partial charge in [0.25, 0.3) is 0 Å². The van der Waals surface area contributed by atoms with E-state index in [-0.39, 0.29) is 0 Å². The molecule has 0 saturated carbocycles. The summed E-state index contributed by atoms with van der Waals surface area (Å²) in [5.74, 6) is 6.76. The molecule has 0 aliphatic rings. The van der Waals surface area contributed by atoms with E-state index in [0.29, 0.717) is 22.0 Å². The lowest BCUT2D eigenvalue weighted by Crippen LogP contribution is -2.40. The second kappa shape index (κ2) is 19.1. The van der Waals surface area contributed by atoms with Crippen LogP contribution in [0.1, 0.15) is 123 Å². The van der Waals surface area contributed by atoms with Gasteiger partial charge in [-0.05, 0) is 43.1 Å². The quantitative estimate of drug-likeness (QED) is 0.103. The maximum atomic E-state index is 11.1. The summed E-state index contributed by atoms with van der Waals surface area (Å²) in [6.07, 6.45) is 18.1. The number of rotatable bonds is 19. The van der Waals surface area contributed by atoms with Crippen molar-refractivity contribution in [3.05, 3.63) is 23.8 Å². The maximum absolute atomic E-state index is 11.1. The standard InChI is InChI=1S/C32H55NO4Si/c1-32(2,3)38(5,6)37-27-22-20-18-16-14-12-10-8-7-9-11-13-15-17-19-21-24-28-25-23-26-29(36-4)30(28)33-31(34)35/h23,25-26,33H,7-20,22,27H2,1-6H3,(H,34,35). The third-order valence-corrected chi connectivity index (χ3v) is 12.2. The van der Waals surface area contributed by atoms with Gasteiger partial charge in [0.2, 0.25) is 0 Å². The van der Waals surface area contributed by atoms with Crippen LogP contribution >= 0.6 is 0 Å². The maximum Gasteiger partial charge on any atom is 0.409 e. The summed E-state index contributed by atoms with van der Waals surface area (Å²) in [6.45, 7) is 12.6. The first-order valence-electron chi connectivity index (χ1n) is 14.9. The fourth-order valence-corrected chi connectivity index (χ4v) is 5.27. The van der Waals surface area contributed by atoms with E-state index in [0.717, 1.165) is 19.4 Å². The highest BCUT2D eigenvalue weighted by atomic mass is 28.4. The summed E-state index contributed by atoms with van der Waals surface area (Å²) in [7, 11) is -0.0385. The first-order valence-corrected chi connectivity index (χ1v) is 17.8. The molecule has 2 N–H and O–H groups in total. The third-order valence-electron chi connectivity index (χ3n) is 7.67. The van der Waals surface area contributed by atoms with Gasteiger partial charge in [-0.3, -0.25) is 5.32 Å². The molecule has 5 nitrogen and oxygen atoms in total. The number of unbranched alkanes of at least 4 members (excludes halogenated alkanes) is 14. The number of amides is 1. The van der Waals surface area contributed by atoms with E-state index in [1.807, 2.05) is 12.1 Å². The van der Waals surface area contributed by atoms with Crippen molar-refractivity contribution in [1.82, 2.24) is 0 Å². The number of ether oxygens (including phenoxy) is 1. The Morgan fingerprint density at radius 2 is 1.37 bits per heavy atom. The number of methoxy groups -OCH3 is 1. The van der Waals surface area contributed by atoms with E-state index in [1.54, 1.807) is 6.07 Å². The van der Waals surface area contributed by atoms with Crippen LogP contribution in [0.3, 0.4) is 0 Å². The van der Waals surface area contributed by atoms with E-state index in [1.165, 1.54) is 90.6 Å². The molecule has 0 unspecified atom stereocenters. The minimum absolute atomic E-state index is 0.316. The normalized spacial score (nSPS) is 11.6. The van der Waals surface area contributed by atoms with Crippen LogP contribution in [0.5, 0.6) is 5.75 Å². The van der Waals surface area contributed by atoms with E-state index in [4.69, 9.17) is 14.3 Å². The summed E-state index contributed by atoms with van der Waals surface area (Å²) in [5.41, 5.74) is 1.07. The van der Waals surface area contributed by atoms with E-state index < -0.39 is 14.4 Å². The van der Waals surface area contributed by atoms with Gasteiger partial charge >= 0.3 is 6.09 Å². The van der Waals surface area contributed by atoms with Gasteiger partial charge in [-0.2, -0.15) is 0 Å². The van der Waals surface area contributed by atoms with Gasteiger partial charge in [-0.25, -0.2) is 4.79 Å². The van der Waals surface area contributed by atoms with Crippen LogP contribution < -0.4 is 10.1 Å². The minimum Gasteiger partial charge on any atom is -0.495 e. The number of carboxylic acid groups (broad SMARTS) is 1. The Bertz CT molecular complexity index is 851. The lowest BCUT2D eigenvalue weighted by atomic mass is 10.0. The van der Waals surface area contributed by atoms with Crippen molar-refractivity contribution in [3.63, 3.8) is 0 Å². The Hall–Kier alpha value is -1.97. The Balaban J connectivity index is 1.97. The molecule has 1 aromatic carbocycles. The third kappa shape index (κ3) is 14.8. The average Bonchev–Trinajstić information content (AvgIpc) is 2.85.